The normalized spacial score (nSPS) is 15.4. The summed E-state index contributed by atoms with van der Waals surface area (Å²) in [6.07, 6.45) is 1.98. The number of aliphatic hydroxyl groups is 1. The number of rotatable bonds is 9. The maximum Gasteiger partial charge on any atom is 0.0780 e. The van der Waals surface area contributed by atoms with Gasteiger partial charge in [0.2, 0.25) is 0 Å². The van der Waals surface area contributed by atoms with E-state index in [0.717, 1.165) is 26.0 Å². The van der Waals surface area contributed by atoms with Crippen LogP contribution in [0.15, 0.2) is 0 Å². The lowest BCUT2D eigenvalue weighted by molar-refractivity contribution is -0.0458. The van der Waals surface area contributed by atoms with E-state index in [4.69, 9.17) is 20.3 Å². The van der Waals surface area contributed by atoms with Crippen molar-refractivity contribution in [1.82, 2.24) is 0 Å². The van der Waals surface area contributed by atoms with Crippen LogP contribution in [0.3, 0.4) is 0 Å². The topological polar surface area (TPSA) is 64.7 Å². The smallest absolute Gasteiger partial charge is 0.0780 e. The van der Waals surface area contributed by atoms with E-state index in [-0.39, 0.29) is 18.8 Å². The molecule has 0 saturated carbocycles. The van der Waals surface area contributed by atoms with Gasteiger partial charge in [-0.05, 0) is 33.2 Å². The minimum absolute atomic E-state index is 0.0554. The van der Waals surface area contributed by atoms with E-state index in [1.54, 1.807) is 0 Å². The molecule has 0 aliphatic carbocycles. The number of hydrogen-bond acceptors (Lipinski definition) is 4. The molecule has 3 N–H and O–H groups in total. The highest BCUT2D eigenvalue weighted by Gasteiger charge is 2.05. The Balaban J connectivity index is 3.23. The van der Waals surface area contributed by atoms with Gasteiger partial charge in [-0.1, -0.05) is 0 Å². The second-order valence-corrected chi connectivity index (χ2v) is 3.50. The highest BCUT2D eigenvalue weighted by atomic mass is 16.5. The molecule has 86 valence electrons. The van der Waals surface area contributed by atoms with E-state index in [2.05, 4.69) is 0 Å². The summed E-state index contributed by atoms with van der Waals surface area (Å²) in [7, 11) is 0. The molecule has 4 heteroatoms. The zero-order valence-corrected chi connectivity index (χ0v) is 9.24. The molecule has 0 spiro atoms. The summed E-state index contributed by atoms with van der Waals surface area (Å²) < 4.78 is 10.8. The predicted octanol–water partition coefficient (Wildman–Crippen LogP) is 0.528. The van der Waals surface area contributed by atoms with Crippen LogP contribution in [0.4, 0.5) is 0 Å². The van der Waals surface area contributed by atoms with Gasteiger partial charge in [0.15, 0.2) is 0 Å². The molecule has 0 saturated heterocycles. The fourth-order valence-electron chi connectivity index (χ4n) is 0.932. The van der Waals surface area contributed by atoms with Gasteiger partial charge in [-0.3, -0.25) is 0 Å². The summed E-state index contributed by atoms with van der Waals surface area (Å²) in [4.78, 5) is 0. The van der Waals surface area contributed by atoms with Crippen molar-refractivity contribution in [3.05, 3.63) is 0 Å². The second-order valence-electron chi connectivity index (χ2n) is 3.50. The highest BCUT2D eigenvalue weighted by Crippen LogP contribution is 1.98. The van der Waals surface area contributed by atoms with Gasteiger partial charge in [0.1, 0.15) is 0 Å². The first-order valence-corrected chi connectivity index (χ1v) is 5.24. The van der Waals surface area contributed by atoms with Gasteiger partial charge in [-0.2, -0.15) is 0 Å². The Morgan fingerprint density at radius 2 is 1.86 bits per heavy atom. The Morgan fingerprint density at radius 3 is 2.43 bits per heavy atom. The third kappa shape index (κ3) is 8.44. The summed E-state index contributed by atoms with van der Waals surface area (Å²) in [6, 6.07) is 0. The molecule has 0 rings (SSSR count). The van der Waals surface area contributed by atoms with Crippen LogP contribution < -0.4 is 5.73 Å². The molecule has 2 unspecified atom stereocenters. The molecule has 0 fully saturated rings. The molecular weight excluding hydrogens is 182 g/mol. The molecule has 0 aliphatic heterocycles. The molecule has 0 heterocycles. The average molecular weight is 205 g/mol. The Hall–Kier alpha value is -0.160. The minimum atomic E-state index is -0.106. The Bertz CT molecular complexity index is 122. The van der Waals surface area contributed by atoms with Crippen LogP contribution in [0.2, 0.25) is 0 Å². The molecule has 0 aromatic rings. The molecule has 0 radical (unpaired) electrons. The largest absolute Gasteiger partial charge is 0.394 e. The lowest BCUT2D eigenvalue weighted by atomic mass is 10.3. The Kier molecular flexibility index (Phi) is 9.29. The van der Waals surface area contributed by atoms with Crippen molar-refractivity contribution < 1.29 is 14.6 Å². The second kappa shape index (κ2) is 9.40. The first-order chi connectivity index (χ1) is 6.70. The van der Waals surface area contributed by atoms with Crippen LogP contribution in [0.5, 0.6) is 0 Å². The monoisotopic (exact) mass is 205 g/mol. The number of hydrogen-bond donors (Lipinski definition) is 2. The van der Waals surface area contributed by atoms with Crippen LogP contribution in [0.25, 0.3) is 0 Å². The Labute approximate surface area is 86.4 Å². The van der Waals surface area contributed by atoms with Gasteiger partial charge < -0.3 is 20.3 Å². The zero-order chi connectivity index (χ0) is 10.8. The quantitative estimate of drug-likeness (QED) is 0.539. The first kappa shape index (κ1) is 13.8. The lowest BCUT2D eigenvalue weighted by Gasteiger charge is -2.16. The van der Waals surface area contributed by atoms with Crippen LogP contribution in [0.1, 0.15) is 26.7 Å². The van der Waals surface area contributed by atoms with E-state index in [1.807, 2.05) is 13.8 Å². The first-order valence-electron chi connectivity index (χ1n) is 5.24. The summed E-state index contributed by atoms with van der Waals surface area (Å²) in [5.74, 6) is 0. The van der Waals surface area contributed by atoms with Crippen molar-refractivity contribution in [2.45, 2.75) is 38.9 Å². The van der Waals surface area contributed by atoms with Crippen molar-refractivity contribution in [3.63, 3.8) is 0 Å². The van der Waals surface area contributed by atoms with Crippen LogP contribution in [-0.4, -0.2) is 43.7 Å². The van der Waals surface area contributed by atoms with E-state index < -0.39 is 0 Å². The third-order valence-electron chi connectivity index (χ3n) is 1.87. The summed E-state index contributed by atoms with van der Waals surface area (Å²) in [5.41, 5.74) is 5.35. The summed E-state index contributed by atoms with van der Waals surface area (Å²) in [6.45, 7) is 5.84. The number of aliphatic hydroxyl groups excluding tert-OH is 1. The van der Waals surface area contributed by atoms with Crippen LogP contribution in [-0.2, 0) is 9.47 Å². The van der Waals surface area contributed by atoms with Crippen molar-refractivity contribution >= 4 is 0 Å². The molecule has 4 nitrogen and oxygen atoms in total. The van der Waals surface area contributed by atoms with E-state index in [0.29, 0.717) is 6.61 Å². The van der Waals surface area contributed by atoms with E-state index in [9.17, 15) is 0 Å². The fourth-order valence-corrected chi connectivity index (χ4v) is 0.932. The highest BCUT2D eigenvalue weighted by molar-refractivity contribution is 4.51. The van der Waals surface area contributed by atoms with Crippen molar-refractivity contribution in [2.24, 2.45) is 5.73 Å². The number of unbranched alkanes of at least 4 members (excludes halogenated alkanes) is 1. The third-order valence-corrected chi connectivity index (χ3v) is 1.87. The van der Waals surface area contributed by atoms with Gasteiger partial charge in [-0.25, -0.2) is 0 Å². The average Bonchev–Trinajstić information content (AvgIpc) is 2.21. The molecule has 0 amide bonds. The Morgan fingerprint density at radius 1 is 1.14 bits per heavy atom. The number of ether oxygens (including phenoxy) is 2. The minimum Gasteiger partial charge on any atom is -0.394 e. The summed E-state index contributed by atoms with van der Waals surface area (Å²) >= 11 is 0. The molecule has 0 bridgehead atoms. The molecule has 14 heavy (non-hydrogen) atoms. The van der Waals surface area contributed by atoms with Gasteiger partial charge in [0.05, 0.1) is 25.4 Å². The molecule has 2 atom stereocenters. The molecular formula is C10H23NO3. The van der Waals surface area contributed by atoms with Crippen molar-refractivity contribution in [2.75, 3.05) is 26.4 Å². The summed E-state index contributed by atoms with van der Waals surface area (Å²) in [5, 5.41) is 8.71. The zero-order valence-electron chi connectivity index (χ0n) is 9.24. The molecule has 0 aliphatic rings. The van der Waals surface area contributed by atoms with Crippen LogP contribution in [0, 0.1) is 0 Å². The van der Waals surface area contributed by atoms with Gasteiger partial charge in [0, 0.05) is 6.61 Å². The maximum absolute atomic E-state index is 8.71. The van der Waals surface area contributed by atoms with Crippen LogP contribution >= 0.6 is 0 Å². The number of nitrogens with two attached hydrogens (primary N) is 1. The lowest BCUT2D eigenvalue weighted by Crippen LogP contribution is -2.22. The van der Waals surface area contributed by atoms with Crippen molar-refractivity contribution in [1.29, 1.82) is 0 Å². The van der Waals surface area contributed by atoms with E-state index >= 15 is 0 Å². The van der Waals surface area contributed by atoms with Gasteiger partial charge >= 0.3 is 0 Å². The predicted molar refractivity (Wildman–Crippen MR) is 56.2 cm³/mol. The van der Waals surface area contributed by atoms with Crippen molar-refractivity contribution in [3.8, 4) is 0 Å². The standard InChI is InChI=1S/C10H23NO3/c1-9(7-12)14-8-10(2)13-6-4-3-5-11/h9-10,12H,3-8,11H2,1-2H3. The van der Waals surface area contributed by atoms with Gasteiger partial charge in [-0.15, -0.1) is 0 Å². The SMILES string of the molecule is CC(CO)OCC(C)OCCCCN. The molecule has 0 aromatic carbocycles. The van der Waals surface area contributed by atoms with E-state index in [1.165, 1.54) is 0 Å². The molecule has 0 aromatic heterocycles. The maximum atomic E-state index is 8.71. The van der Waals surface area contributed by atoms with Gasteiger partial charge in [0.25, 0.3) is 0 Å². The fraction of sp³-hybridized carbons (Fsp3) is 1.00.